The molecule has 2 heterocycles. The average Bonchev–Trinajstić information content (AvgIpc) is 2.78. The van der Waals surface area contributed by atoms with Crippen LogP contribution in [0.4, 0.5) is 5.95 Å². The number of hydrogen-bond acceptors (Lipinski definition) is 4. The van der Waals surface area contributed by atoms with Crippen molar-refractivity contribution in [3.05, 3.63) is 18.0 Å². The van der Waals surface area contributed by atoms with E-state index in [9.17, 15) is 0 Å². The summed E-state index contributed by atoms with van der Waals surface area (Å²) in [6.45, 7) is 9.24. The lowest BCUT2D eigenvalue weighted by atomic mass is 10.1. The lowest BCUT2D eigenvalue weighted by Gasteiger charge is -2.16. The van der Waals surface area contributed by atoms with Crippen LogP contribution in [-0.2, 0) is 4.74 Å². The Morgan fingerprint density at radius 2 is 2.11 bits per heavy atom. The SMILES string of the molecule is Cc1cnc(N2CCC(OCCC(C)C)C2)nc1. The fourth-order valence-corrected chi connectivity index (χ4v) is 2.07. The predicted molar refractivity (Wildman–Crippen MR) is 72.8 cm³/mol. The summed E-state index contributed by atoms with van der Waals surface area (Å²) in [5, 5.41) is 0. The van der Waals surface area contributed by atoms with Gasteiger partial charge in [0.05, 0.1) is 6.10 Å². The van der Waals surface area contributed by atoms with Crippen molar-refractivity contribution in [1.29, 1.82) is 0 Å². The van der Waals surface area contributed by atoms with Crippen molar-refractivity contribution in [3.8, 4) is 0 Å². The maximum Gasteiger partial charge on any atom is 0.225 e. The van der Waals surface area contributed by atoms with Gasteiger partial charge < -0.3 is 9.64 Å². The summed E-state index contributed by atoms with van der Waals surface area (Å²) in [6, 6.07) is 0. The molecular formula is C14H23N3O. The predicted octanol–water partition coefficient (Wildman–Crippen LogP) is 2.43. The second kappa shape index (κ2) is 6.14. The molecule has 0 aromatic carbocycles. The summed E-state index contributed by atoms with van der Waals surface area (Å²) < 4.78 is 5.89. The van der Waals surface area contributed by atoms with E-state index in [0.29, 0.717) is 12.0 Å². The molecule has 1 saturated heterocycles. The molecule has 0 saturated carbocycles. The molecule has 1 atom stereocenters. The number of hydrogen-bond donors (Lipinski definition) is 0. The topological polar surface area (TPSA) is 38.2 Å². The molecule has 4 nitrogen and oxygen atoms in total. The van der Waals surface area contributed by atoms with Crippen LogP contribution in [-0.4, -0.2) is 35.8 Å². The fourth-order valence-electron chi connectivity index (χ4n) is 2.07. The van der Waals surface area contributed by atoms with E-state index in [1.54, 1.807) is 0 Å². The Bertz CT molecular complexity index is 364. The van der Waals surface area contributed by atoms with Crippen LogP contribution in [0.5, 0.6) is 0 Å². The van der Waals surface area contributed by atoms with Gasteiger partial charge in [-0.1, -0.05) is 13.8 Å². The Labute approximate surface area is 109 Å². The van der Waals surface area contributed by atoms with Crippen LogP contribution in [0.1, 0.15) is 32.3 Å². The molecule has 1 aromatic rings. The largest absolute Gasteiger partial charge is 0.376 e. The molecule has 1 aliphatic rings. The summed E-state index contributed by atoms with van der Waals surface area (Å²) in [6.07, 6.45) is 6.30. The number of aryl methyl sites for hydroxylation is 1. The lowest BCUT2D eigenvalue weighted by molar-refractivity contribution is 0.0608. The summed E-state index contributed by atoms with van der Waals surface area (Å²) in [5.74, 6) is 1.54. The van der Waals surface area contributed by atoms with Crippen molar-refractivity contribution in [3.63, 3.8) is 0 Å². The van der Waals surface area contributed by atoms with E-state index in [1.807, 2.05) is 19.3 Å². The minimum Gasteiger partial charge on any atom is -0.376 e. The molecule has 1 fully saturated rings. The molecule has 100 valence electrons. The summed E-state index contributed by atoms with van der Waals surface area (Å²) >= 11 is 0. The maximum absolute atomic E-state index is 5.89. The normalized spacial score (nSPS) is 19.8. The number of aromatic nitrogens is 2. The number of nitrogens with zero attached hydrogens (tertiary/aromatic N) is 3. The van der Waals surface area contributed by atoms with Crippen molar-refractivity contribution >= 4 is 5.95 Å². The second-order valence-corrected chi connectivity index (χ2v) is 5.47. The molecule has 0 spiro atoms. The highest BCUT2D eigenvalue weighted by molar-refractivity contribution is 5.31. The minimum absolute atomic E-state index is 0.341. The fraction of sp³-hybridized carbons (Fsp3) is 0.714. The highest BCUT2D eigenvalue weighted by Crippen LogP contribution is 2.18. The minimum atomic E-state index is 0.341. The first-order valence-electron chi connectivity index (χ1n) is 6.80. The van der Waals surface area contributed by atoms with Crippen LogP contribution in [0, 0.1) is 12.8 Å². The van der Waals surface area contributed by atoms with E-state index in [0.717, 1.165) is 44.0 Å². The zero-order valence-corrected chi connectivity index (χ0v) is 11.6. The number of anilines is 1. The second-order valence-electron chi connectivity index (χ2n) is 5.47. The van der Waals surface area contributed by atoms with Gasteiger partial charge in [0, 0.05) is 32.1 Å². The first kappa shape index (κ1) is 13.3. The Morgan fingerprint density at radius 1 is 1.39 bits per heavy atom. The molecule has 0 radical (unpaired) electrons. The number of rotatable bonds is 5. The molecule has 0 bridgehead atoms. The molecule has 0 aliphatic carbocycles. The molecule has 1 unspecified atom stereocenters. The van der Waals surface area contributed by atoms with Crippen LogP contribution < -0.4 is 4.90 Å². The van der Waals surface area contributed by atoms with Crippen molar-refractivity contribution < 1.29 is 4.74 Å². The molecular weight excluding hydrogens is 226 g/mol. The lowest BCUT2D eigenvalue weighted by Crippen LogP contribution is -2.25. The van der Waals surface area contributed by atoms with Gasteiger partial charge in [0.25, 0.3) is 0 Å². The van der Waals surface area contributed by atoms with Crippen molar-refractivity contribution in [2.24, 2.45) is 5.92 Å². The van der Waals surface area contributed by atoms with E-state index in [-0.39, 0.29) is 0 Å². The summed E-state index contributed by atoms with van der Waals surface area (Å²) in [4.78, 5) is 10.9. The molecule has 4 heteroatoms. The Morgan fingerprint density at radius 3 is 2.78 bits per heavy atom. The van der Waals surface area contributed by atoms with E-state index >= 15 is 0 Å². The van der Waals surface area contributed by atoms with Crippen molar-refractivity contribution in [2.75, 3.05) is 24.6 Å². The molecule has 1 aromatic heterocycles. The Balaban J connectivity index is 1.79. The molecule has 2 rings (SSSR count). The smallest absolute Gasteiger partial charge is 0.225 e. The zero-order valence-electron chi connectivity index (χ0n) is 11.6. The van der Waals surface area contributed by atoms with Gasteiger partial charge in [-0.05, 0) is 31.2 Å². The third-order valence-electron chi connectivity index (χ3n) is 3.24. The van der Waals surface area contributed by atoms with Crippen LogP contribution >= 0.6 is 0 Å². The van der Waals surface area contributed by atoms with Crippen LogP contribution in [0.25, 0.3) is 0 Å². The first-order valence-corrected chi connectivity index (χ1v) is 6.80. The highest BCUT2D eigenvalue weighted by atomic mass is 16.5. The van der Waals surface area contributed by atoms with E-state index in [1.165, 1.54) is 0 Å². The summed E-state index contributed by atoms with van der Waals surface area (Å²) in [5.41, 5.74) is 1.10. The van der Waals surface area contributed by atoms with Gasteiger partial charge in [0.2, 0.25) is 5.95 Å². The Kier molecular flexibility index (Phi) is 4.53. The third kappa shape index (κ3) is 3.67. The molecule has 1 aliphatic heterocycles. The van der Waals surface area contributed by atoms with Gasteiger partial charge in [-0.15, -0.1) is 0 Å². The van der Waals surface area contributed by atoms with Crippen LogP contribution in [0.15, 0.2) is 12.4 Å². The van der Waals surface area contributed by atoms with Gasteiger partial charge in [-0.2, -0.15) is 0 Å². The molecule has 18 heavy (non-hydrogen) atoms. The quantitative estimate of drug-likeness (QED) is 0.803. The van der Waals surface area contributed by atoms with Crippen LogP contribution in [0.3, 0.4) is 0 Å². The highest BCUT2D eigenvalue weighted by Gasteiger charge is 2.24. The van der Waals surface area contributed by atoms with E-state index in [4.69, 9.17) is 4.74 Å². The van der Waals surface area contributed by atoms with Gasteiger partial charge in [-0.3, -0.25) is 0 Å². The summed E-state index contributed by atoms with van der Waals surface area (Å²) in [7, 11) is 0. The van der Waals surface area contributed by atoms with Gasteiger partial charge >= 0.3 is 0 Å². The first-order chi connectivity index (χ1) is 8.65. The van der Waals surface area contributed by atoms with Gasteiger partial charge in [0.1, 0.15) is 0 Å². The molecule has 0 amide bonds. The van der Waals surface area contributed by atoms with Crippen LogP contribution in [0.2, 0.25) is 0 Å². The van der Waals surface area contributed by atoms with Crippen molar-refractivity contribution in [2.45, 2.75) is 39.7 Å². The Hall–Kier alpha value is -1.16. The zero-order chi connectivity index (χ0) is 13.0. The van der Waals surface area contributed by atoms with E-state index in [2.05, 4.69) is 28.7 Å². The number of ether oxygens (including phenoxy) is 1. The maximum atomic E-state index is 5.89. The molecule has 0 N–H and O–H groups in total. The third-order valence-corrected chi connectivity index (χ3v) is 3.24. The average molecular weight is 249 g/mol. The van der Waals surface area contributed by atoms with Gasteiger partial charge in [0.15, 0.2) is 0 Å². The van der Waals surface area contributed by atoms with E-state index < -0.39 is 0 Å². The van der Waals surface area contributed by atoms with Gasteiger partial charge in [-0.25, -0.2) is 9.97 Å². The monoisotopic (exact) mass is 249 g/mol. The van der Waals surface area contributed by atoms with Crippen molar-refractivity contribution in [1.82, 2.24) is 9.97 Å². The standard InChI is InChI=1S/C14H23N3O/c1-11(2)5-7-18-13-4-6-17(10-13)14-15-8-12(3)9-16-14/h8-9,11,13H,4-7,10H2,1-3H3.